The molecule has 5 nitrogen and oxygen atoms in total. The average molecular weight is 290 g/mol. The summed E-state index contributed by atoms with van der Waals surface area (Å²) in [6, 6.07) is 1.91. The SMILES string of the molecule is CCCCNc1cncc(C(=O)N2CCN(CC)CC2)c1. The van der Waals surface area contributed by atoms with Gasteiger partial charge in [0.25, 0.3) is 5.91 Å². The predicted octanol–water partition coefficient (Wildman–Crippen LogP) is 2.07. The van der Waals surface area contributed by atoms with Gasteiger partial charge in [0.05, 0.1) is 11.3 Å². The first-order chi connectivity index (χ1) is 10.2. The van der Waals surface area contributed by atoms with Crippen molar-refractivity contribution in [3.05, 3.63) is 24.0 Å². The number of carbonyl (C=O) groups is 1. The highest BCUT2D eigenvalue weighted by molar-refractivity contribution is 5.94. The van der Waals surface area contributed by atoms with E-state index in [0.29, 0.717) is 5.56 Å². The van der Waals surface area contributed by atoms with Gasteiger partial charge in [-0.05, 0) is 19.0 Å². The fourth-order valence-electron chi connectivity index (χ4n) is 2.51. The van der Waals surface area contributed by atoms with Gasteiger partial charge in [-0.25, -0.2) is 0 Å². The van der Waals surface area contributed by atoms with Crippen LogP contribution in [0.2, 0.25) is 0 Å². The highest BCUT2D eigenvalue weighted by atomic mass is 16.2. The van der Waals surface area contributed by atoms with Crippen molar-refractivity contribution < 1.29 is 4.79 Å². The molecule has 0 radical (unpaired) electrons. The van der Waals surface area contributed by atoms with Gasteiger partial charge in [0.15, 0.2) is 0 Å². The second-order valence-electron chi connectivity index (χ2n) is 5.47. The van der Waals surface area contributed by atoms with Gasteiger partial charge >= 0.3 is 0 Å². The number of piperazine rings is 1. The molecular formula is C16H26N4O. The zero-order chi connectivity index (χ0) is 15.1. The van der Waals surface area contributed by atoms with Gasteiger partial charge in [-0.3, -0.25) is 9.78 Å². The third-order valence-electron chi connectivity index (χ3n) is 3.95. The Labute approximate surface area is 127 Å². The minimum Gasteiger partial charge on any atom is -0.384 e. The van der Waals surface area contributed by atoms with Crippen molar-refractivity contribution in [3.63, 3.8) is 0 Å². The maximum absolute atomic E-state index is 12.5. The Morgan fingerprint density at radius 1 is 1.24 bits per heavy atom. The van der Waals surface area contributed by atoms with Crippen LogP contribution in [0.5, 0.6) is 0 Å². The van der Waals surface area contributed by atoms with Gasteiger partial charge in [-0.2, -0.15) is 0 Å². The third kappa shape index (κ3) is 4.43. The Kier molecular flexibility index (Phi) is 5.99. The molecule has 1 aliphatic heterocycles. The fourth-order valence-corrected chi connectivity index (χ4v) is 2.51. The monoisotopic (exact) mass is 290 g/mol. The number of amides is 1. The lowest BCUT2D eigenvalue weighted by molar-refractivity contribution is 0.0643. The molecule has 0 spiro atoms. The van der Waals surface area contributed by atoms with E-state index in [9.17, 15) is 4.79 Å². The first kappa shape index (κ1) is 15.8. The molecule has 1 fully saturated rings. The number of likely N-dealkylation sites (N-methyl/N-ethyl adjacent to an activating group) is 1. The summed E-state index contributed by atoms with van der Waals surface area (Å²) >= 11 is 0. The zero-order valence-corrected chi connectivity index (χ0v) is 13.1. The Morgan fingerprint density at radius 3 is 2.67 bits per heavy atom. The van der Waals surface area contributed by atoms with Gasteiger partial charge in [0, 0.05) is 45.1 Å². The molecule has 0 saturated carbocycles. The lowest BCUT2D eigenvalue weighted by Gasteiger charge is -2.34. The first-order valence-electron chi connectivity index (χ1n) is 7.95. The number of carbonyl (C=O) groups excluding carboxylic acids is 1. The fraction of sp³-hybridized carbons (Fsp3) is 0.625. The van der Waals surface area contributed by atoms with Crippen LogP contribution in [0.15, 0.2) is 18.5 Å². The summed E-state index contributed by atoms with van der Waals surface area (Å²) in [5, 5.41) is 3.32. The molecule has 0 atom stereocenters. The van der Waals surface area contributed by atoms with Crippen LogP contribution in [0.25, 0.3) is 0 Å². The summed E-state index contributed by atoms with van der Waals surface area (Å²) in [6.45, 7) is 9.84. The number of nitrogens with one attached hydrogen (secondary N) is 1. The summed E-state index contributed by atoms with van der Waals surface area (Å²) in [4.78, 5) is 21.0. The lowest BCUT2D eigenvalue weighted by Crippen LogP contribution is -2.48. The minimum absolute atomic E-state index is 0.0948. The van der Waals surface area contributed by atoms with Crippen LogP contribution < -0.4 is 5.32 Å². The number of pyridine rings is 1. The van der Waals surface area contributed by atoms with Gasteiger partial charge in [-0.15, -0.1) is 0 Å². The molecule has 21 heavy (non-hydrogen) atoms. The van der Waals surface area contributed by atoms with Crippen molar-refractivity contribution in [1.82, 2.24) is 14.8 Å². The smallest absolute Gasteiger partial charge is 0.255 e. The normalized spacial score (nSPS) is 16.0. The summed E-state index contributed by atoms with van der Waals surface area (Å²) in [5.74, 6) is 0.0948. The summed E-state index contributed by atoms with van der Waals surface area (Å²) < 4.78 is 0. The largest absolute Gasteiger partial charge is 0.384 e. The van der Waals surface area contributed by atoms with Crippen molar-refractivity contribution in [2.24, 2.45) is 0 Å². The maximum atomic E-state index is 12.5. The molecule has 1 aromatic rings. The van der Waals surface area contributed by atoms with E-state index in [1.54, 1.807) is 12.4 Å². The molecule has 1 N–H and O–H groups in total. The van der Waals surface area contributed by atoms with Gasteiger partial charge in [0.1, 0.15) is 0 Å². The van der Waals surface area contributed by atoms with Crippen LogP contribution in [0, 0.1) is 0 Å². The Hall–Kier alpha value is -1.62. The number of hydrogen-bond donors (Lipinski definition) is 1. The Morgan fingerprint density at radius 2 is 2.00 bits per heavy atom. The highest BCUT2D eigenvalue weighted by Gasteiger charge is 2.21. The number of hydrogen-bond acceptors (Lipinski definition) is 4. The third-order valence-corrected chi connectivity index (χ3v) is 3.95. The summed E-state index contributed by atoms with van der Waals surface area (Å²) in [6.07, 6.45) is 5.72. The molecule has 116 valence electrons. The Balaban J connectivity index is 1.94. The molecule has 5 heteroatoms. The molecule has 1 aromatic heterocycles. The van der Waals surface area contributed by atoms with Crippen LogP contribution in [-0.2, 0) is 0 Å². The van der Waals surface area contributed by atoms with Crippen molar-refractivity contribution >= 4 is 11.6 Å². The zero-order valence-electron chi connectivity index (χ0n) is 13.1. The summed E-state index contributed by atoms with van der Waals surface area (Å²) in [7, 11) is 0. The van der Waals surface area contributed by atoms with Crippen LogP contribution in [-0.4, -0.2) is 60.0 Å². The van der Waals surface area contributed by atoms with Gasteiger partial charge in [0.2, 0.25) is 0 Å². The van der Waals surface area contributed by atoms with E-state index in [4.69, 9.17) is 0 Å². The van der Waals surface area contributed by atoms with Crippen LogP contribution >= 0.6 is 0 Å². The van der Waals surface area contributed by atoms with Crippen molar-refractivity contribution in [2.75, 3.05) is 44.6 Å². The second kappa shape index (κ2) is 7.98. The van der Waals surface area contributed by atoms with E-state index in [0.717, 1.165) is 57.8 Å². The predicted molar refractivity (Wildman–Crippen MR) is 85.7 cm³/mol. The van der Waals surface area contributed by atoms with E-state index in [2.05, 4.69) is 29.0 Å². The average Bonchev–Trinajstić information content (AvgIpc) is 2.55. The molecule has 1 amide bonds. The quantitative estimate of drug-likeness (QED) is 0.815. The van der Waals surface area contributed by atoms with Crippen molar-refractivity contribution in [2.45, 2.75) is 26.7 Å². The molecule has 0 unspecified atom stereocenters. The van der Waals surface area contributed by atoms with Crippen molar-refractivity contribution in [1.29, 1.82) is 0 Å². The standard InChI is InChI=1S/C16H26N4O/c1-3-5-6-18-15-11-14(12-17-13-15)16(21)20-9-7-19(4-2)8-10-20/h11-13,18H,3-10H2,1-2H3. The van der Waals surface area contributed by atoms with E-state index < -0.39 is 0 Å². The molecule has 0 bridgehead atoms. The van der Waals surface area contributed by atoms with Crippen LogP contribution in [0.3, 0.4) is 0 Å². The molecule has 1 aliphatic rings. The lowest BCUT2D eigenvalue weighted by atomic mass is 10.2. The topological polar surface area (TPSA) is 48.5 Å². The number of rotatable bonds is 6. The molecule has 2 heterocycles. The van der Waals surface area contributed by atoms with Crippen molar-refractivity contribution in [3.8, 4) is 0 Å². The number of unbranched alkanes of at least 4 members (excludes halogenated alkanes) is 1. The highest BCUT2D eigenvalue weighted by Crippen LogP contribution is 2.12. The number of nitrogens with zero attached hydrogens (tertiary/aromatic N) is 3. The van der Waals surface area contributed by atoms with E-state index in [1.165, 1.54) is 0 Å². The van der Waals surface area contributed by atoms with E-state index in [-0.39, 0.29) is 5.91 Å². The molecule has 2 rings (SSSR count). The molecule has 0 aliphatic carbocycles. The minimum atomic E-state index is 0.0948. The number of anilines is 1. The first-order valence-corrected chi connectivity index (χ1v) is 7.95. The molecule has 0 aromatic carbocycles. The van der Waals surface area contributed by atoms with E-state index >= 15 is 0 Å². The Bertz CT molecular complexity index is 455. The summed E-state index contributed by atoms with van der Waals surface area (Å²) in [5.41, 5.74) is 1.61. The second-order valence-corrected chi connectivity index (χ2v) is 5.47. The van der Waals surface area contributed by atoms with E-state index in [1.807, 2.05) is 11.0 Å². The van der Waals surface area contributed by atoms with Crippen LogP contribution in [0.1, 0.15) is 37.0 Å². The van der Waals surface area contributed by atoms with Crippen LogP contribution in [0.4, 0.5) is 5.69 Å². The molecular weight excluding hydrogens is 264 g/mol. The number of aromatic nitrogens is 1. The maximum Gasteiger partial charge on any atom is 0.255 e. The van der Waals surface area contributed by atoms with Gasteiger partial charge in [-0.1, -0.05) is 20.3 Å². The molecule has 1 saturated heterocycles. The van der Waals surface area contributed by atoms with Gasteiger partial charge < -0.3 is 15.1 Å².